The lowest BCUT2D eigenvalue weighted by Gasteiger charge is -2.31. The second-order valence-electron chi connectivity index (χ2n) is 7.54. The van der Waals surface area contributed by atoms with Gasteiger partial charge < -0.3 is 15.1 Å². The van der Waals surface area contributed by atoms with E-state index in [1.807, 2.05) is 0 Å². The Morgan fingerprint density at radius 3 is 2.43 bits per heavy atom. The van der Waals surface area contributed by atoms with Crippen molar-refractivity contribution in [3.05, 3.63) is 36.2 Å². The average Bonchev–Trinajstić information content (AvgIpc) is 3.44. The standard InChI is InChI=1S/C19H16F6N4O4S2/c20-18(21,22)14-9-12-11(5-8-27-16(12)28-14)13-1-2-15(34-13)35(31,32)29(10-3-6-26-7-4-10)33-17(30)19(23,24)25/h1-2,5,8-10,26H,3-4,6-7H2,(H,27,28). The molecule has 190 valence electrons. The number of H-pyrrole nitrogens is 1. The molecule has 4 heterocycles. The van der Waals surface area contributed by atoms with Crippen molar-refractivity contribution in [3.8, 4) is 10.4 Å². The minimum absolute atomic E-state index is 0.0735. The van der Waals surface area contributed by atoms with Crippen molar-refractivity contribution in [2.24, 2.45) is 0 Å². The van der Waals surface area contributed by atoms with Crippen LogP contribution >= 0.6 is 11.3 Å². The van der Waals surface area contributed by atoms with Crippen molar-refractivity contribution < 1.29 is 44.4 Å². The molecule has 2 N–H and O–H groups in total. The molecule has 0 atom stereocenters. The fraction of sp³-hybridized carbons (Fsp3) is 0.368. The van der Waals surface area contributed by atoms with E-state index < -0.39 is 44.3 Å². The van der Waals surface area contributed by atoms with Gasteiger partial charge in [0.25, 0.3) is 10.0 Å². The van der Waals surface area contributed by atoms with E-state index in [1.54, 1.807) is 0 Å². The highest BCUT2D eigenvalue weighted by atomic mass is 32.2. The van der Waals surface area contributed by atoms with Crippen LogP contribution in [0, 0.1) is 0 Å². The van der Waals surface area contributed by atoms with Crippen molar-refractivity contribution >= 4 is 38.4 Å². The summed E-state index contributed by atoms with van der Waals surface area (Å²) in [6, 6.07) is 3.57. The number of carbonyl (C=O) groups excluding carboxylic acids is 1. The van der Waals surface area contributed by atoms with Crippen molar-refractivity contribution in [2.75, 3.05) is 13.1 Å². The number of sulfonamides is 1. The van der Waals surface area contributed by atoms with Crippen molar-refractivity contribution in [2.45, 2.75) is 35.4 Å². The first-order valence-electron chi connectivity index (χ1n) is 9.98. The maximum absolute atomic E-state index is 13.2. The van der Waals surface area contributed by atoms with Gasteiger partial charge in [-0.1, -0.05) is 0 Å². The zero-order valence-electron chi connectivity index (χ0n) is 17.4. The van der Waals surface area contributed by atoms with E-state index in [9.17, 15) is 39.6 Å². The summed E-state index contributed by atoms with van der Waals surface area (Å²) in [6.45, 7) is 0.583. The Bertz CT molecular complexity index is 1340. The van der Waals surface area contributed by atoms with Gasteiger partial charge in [-0.05, 0) is 54.7 Å². The van der Waals surface area contributed by atoms with Crippen LogP contribution in [0.3, 0.4) is 0 Å². The molecule has 1 fully saturated rings. The largest absolute Gasteiger partial charge is 0.492 e. The van der Waals surface area contributed by atoms with Crippen LogP contribution < -0.4 is 5.32 Å². The molecule has 3 aromatic heterocycles. The molecule has 4 rings (SSSR count). The van der Waals surface area contributed by atoms with E-state index in [-0.39, 0.29) is 38.8 Å². The normalized spacial score (nSPS) is 16.2. The summed E-state index contributed by atoms with van der Waals surface area (Å²) in [5.41, 5.74) is -0.898. The Labute approximate surface area is 197 Å². The van der Waals surface area contributed by atoms with Gasteiger partial charge in [-0.2, -0.15) is 26.3 Å². The van der Waals surface area contributed by atoms with Gasteiger partial charge in [-0.15, -0.1) is 11.3 Å². The molecule has 1 aliphatic heterocycles. The van der Waals surface area contributed by atoms with Crippen LogP contribution in [0.4, 0.5) is 26.3 Å². The maximum Gasteiger partial charge on any atom is 0.492 e. The van der Waals surface area contributed by atoms with Crippen molar-refractivity contribution in [3.63, 3.8) is 0 Å². The fourth-order valence-corrected chi connectivity index (χ4v) is 6.43. The number of halogens is 6. The van der Waals surface area contributed by atoms with Crippen LogP contribution in [0.15, 0.2) is 34.7 Å². The number of alkyl halides is 6. The zero-order valence-corrected chi connectivity index (χ0v) is 19.0. The number of hydrogen-bond acceptors (Lipinski definition) is 7. The summed E-state index contributed by atoms with van der Waals surface area (Å²) < 4.78 is 104. The van der Waals surface area contributed by atoms with Gasteiger partial charge in [0.1, 0.15) is 15.6 Å². The average molecular weight is 542 g/mol. The molecule has 1 aliphatic rings. The Balaban J connectivity index is 1.72. The lowest BCUT2D eigenvalue weighted by Crippen LogP contribution is -2.48. The van der Waals surface area contributed by atoms with Gasteiger partial charge in [-0.25, -0.2) is 18.2 Å². The van der Waals surface area contributed by atoms with E-state index in [0.717, 1.165) is 12.1 Å². The Hall–Kier alpha value is -2.69. The molecule has 0 amide bonds. The van der Waals surface area contributed by atoms with E-state index in [0.29, 0.717) is 24.4 Å². The molecule has 0 aromatic carbocycles. The molecule has 0 bridgehead atoms. The van der Waals surface area contributed by atoms with Crippen LogP contribution in [-0.2, 0) is 25.8 Å². The van der Waals surface area contributed by atoms with Gasteiger partial charge in [0.2, 0.25) is 0 Å². The highest BCUT2D eigenvalue weighted by Gasteiger charge is 2.46. The molecule has 0 unspecified atom stereocenters. The number of nitrogens with one attached hydrogen (secondary N) is 2. The maximum atomic E-state index is 13.2. The molecule has 16 heteroatoms. The molecule has 3 aromatic rings. The van der Waals surface area contributed by atoms with Crippen LogP contribution in [0.5, 0.6) is 0 Å². The number of aromatic amines is 1. The predicted octanol–water partition coefficient (Wildman–Crippen LogP) is 4.07. The molecule has 8 nitrogen and oxygen atoms in total. The second kappa shape index (κ2) is 9.07. The number of rotatable bonds is 5. The lowest BCUT2D eigenvalue weighted by atomic mass is 10.1. The third-order valence-electron chi connectivity index (χ3n) is 5.19. The molecule has 0 radical (unpaired) electrons. The summed E-state index contributed by atoms with van der Waals surface area (Å²) in [7, 11) is -4.74. The number of hydrogen-bond donors (Lipinski definition) is 2. The monoisotopic (exact) mass is 542 g/mol. The molecular formula is C19H16F6N4O4S2. The number of carbonyl (C=O) groups is 1. The lowest BCUT2D eigenvalue weighted by molar-refractivity contribution is -0.227. The van der Waals surface area contributed by atoms with Gasteiger partial charge in [-0.3, -0.25) is 0 Å². The number of nitrogens with zero attached hydrogens (tertiary/aromatic N) is 2. The fourth-order valence-electron chi connectivity index (χ4n) is 3.56. The highest BCUT2D eigenvalue weighted by molar-refractivity contribution is 7.91. The Morgan fingerprint density at radius 2 is 1.80 bits per heavy atom. The molecule has 0 spiro atoms. The van der Waals surface area contributed by atoms with Crippen LogP contribution in [0.1, 0.15) is 18.5 Å². The zero-order chi connectivity index (χ0) is 25.6. The quantitative estimate of drug-likeness (QED) is 0.372. The van der Waals surface area contributed by atoms with Crippen LogP contribution in [-0.4, -0.2) is 54.1 Å². The second-order valence-corrected chi connectivity index (χ2v) is 10.6. The summed E-state index contributed by atoms with van der Waals surface area (Å²) in [5, 5.41) is 3.00. The van der Waals surface area contributed by atoms with E-state index in [2.05, 4.69) is 20.1 Å². The number of pyridine rings is 1. The van der Waals surface area contributed by atoms with Crippen LogP contribution in [0.25, 0.3) is 21.5 Å². The number of thiophene rings is 1. The third-order valence-corrected chi connectivity index (χ3v) is 8.47. The minimum Gasteiger partial charge on any atom is -0.345 e. The summed E-state index contributed by atoms with van der Waals surface area (Å²) in [4.78, 5) is 22.0. The predicted molar refractivity (Wildman–Crippen MR) is 111 cm³/mol. The van der Waals surface area contributed by atoms with Crippen molar-refractivity contribution in [1.29, 1.82) is 0 Å². The first kappa shape index (κ1) is 25.4. The topological polar surface area (TPSA) is 104 Å². The Morgan fingerprint density at radius 1 is 1.11 bits per heavy atom. The molecule has 0 aliphatic carbocycles. The Kier molecular flexibility index (Phi) is 6.58. The molecule has 35 heavy (non-hydrogen) atoms. The number of piperidine rings is 1. The van der Waals surface area contributed by atoms with Crippen LogP contribution in [0.2, 0.25) is 0 Å². The SMILES string of the molecule is O=C(ON(C1CCNCC1)S(=O)(=O)c1ccc(-c2ccnc3[nH]c(C(F)(F)F)cc23)s1)C(F)(F)F. The van der Waals surface area contributed by atoms with Gasteiger partial charge in [0, 0.05) is 22.0 Å². The van der Waals surface area contributed by atoms with Gasteiger partial charge in [0.15, 0.2) is 0 Å². The number of aromatic nitrogens is 2. The first-order valence-corrected chi connectivity index (χ1v) is 12.2. The van der Waals surface area contributed by atoms with E-state index in [4.69, 9.17) is 0 Å². The van der Waals surface area contributed by atoms with E-state index in [1.165, 1.54) is 18.3 Å². The van der Waals surface area contributed by atoms with E-state index >= 15 is 0 Å². The number of fused-ring (bicyclic) bond motifs is 1. The smallest absolute Gasteiger partial charge is 0.345 e. The summed E-state index contributed by atoms with van der Waals surface area (Å²) in [6.07, 6.45) is -8.67. The summed E-state index contributed by atoms with van der Waals surface area (Å²) in [5.74, 6) is -2.68. The highest BCUT2D eigenvalue weighted by Crippen LogP contribution is 2.39. The first-order chi connectivity index (χ1) is 16.3. The molecule has 0 saturated carbocycles. The minimum atomic E-state index is -5.42. The third kappa shape index (κ3) is 5.14. The molecular weight excluding hydrogens is 526 g/mol. The van der Waals surface area contributed by atoms with Crippen molar-refractivity contribution in [1.82, 2.24) is 19.8 Å². The van der Waals surface area contributed by atoms with Gasteiger partial charge in [0.05, 0.1) is 6.04 Å². The number of hydroxylamine groups is 1. The summed E-state index contributed by atoms with van der Waals surface area (Å²) >= 11 is 0.611. The van der Waals surface area contributed by atoms with Gasteiger partial charge >= 0.3 is 18.3 Å². The molecule has 1 saturated heterocycles.